The third-order valence-corrected chi connectivity index (χ3v) is 5.74. The van der Waals surface area contributed by atoms with Crippen molar-refractivity contribution in [2.24, 2.45) is 5.41 Å². The topological polar surface area (TPSA) is 32.3 Å². The average molecular weight is 279 g/mol. The second kappa shape index (κ2) is 6.78. The summed E-state index contributed by atoms with van der Waals surface area (Å²) in [7, 11) is 0. The Morgan fingerprint density at radius 1 is 1.32 bits per heavy atom. The van der Waals surface area contributed by atoms with Gasteiger partial charge in [0.15, 0.2) is 0 Å². The molecule has 2 N–H and O–H groups in total. The van der Waals surface area contributed by atoms with E-state index in [0.717, 1.165) is 32.4 Å². The molecule has 1 atom stereocenters. The van der Waals surface area contributed by atoms with Gasteiger partial charge in [0.25, 0.3) is 0 Å². The Bertz CT molecular complexity index is 370. The van der Waals surface area contributed by atoms with Crippen LogP contribution in [0.1, 0.15) is 32.3 Å². The van der Waals surface area contributed by atoms with E-state index < -0.39 is 0 Å². The summed E-state index contributed by atoms with van der Waals surface area (Å²) < 4.78 is 0. The number of thioether (sulfide) groups is 1. The molecule has 19 heavy (non-hydrogen) atoms. The van der Waals surface area contributed by atoms with E-state index in [1.165, 1.54) is 10.5 Å². The van der Waals surface area contributed by atoms with Gasteiger partial charge in [-0.2, -0.15) is 0 Å². The summed E-state index contributed by atoms with van der Waals surface area (Å²) >= 11 is 1.98. The van der Waals surface area contributed by atoms with Crippen LogP contribution in [-0.2, 0) is 6.42 Å². The van der Waals surface area contributed by atoms with Gasteiger partial charge < -0.3 is 10.4 Å². The van der Waals surface area contributed by atoms with Crippen LogP contribution in [-0.4, -0.2) is 30.1 Å². The zero-order chi connectivity index (χ0) is 13.7. The largest absolute Gasteiger partial charge is 0.396 e. The first-order chi connectivity index (χ1) is 9.23. The summed E-state index contributed by atoms with van der Waals surface area (Å²) in [6.45, 7) is 6.57. The molecule has 0 spiro atoms. The van der Waals surface area contributed by atoms with Crippen LogP contribution >= 0.6 is 11.8 Å². The molecule has 0 aliphatic carbocycles. The molecule has 3 heteroatoms. The fourth-order valence-corrected chi connectivity index (χ4v) is 3.93. The molecule has 2 rings (SSSR count). The van der Waals surface area contributed by atoms with Gasteiger partial charge in [0.2, 0.25) is 0 Å². The van der Waals surface area contributed by atoms with Crippen molar-refractivity contribution in [3.05, 3.63) is 29.8 Å². The zero-order valence-electron chi connectivity index (χ0n) is 12.0. The van der Waals surface area contributed by atoms with Crippen molar-refractivity contribution in [1.82, 2.24) is 5.32 Å². The van der Waals surface area contributed by atoms with Crippen LogP contribution in [0.25, 0.3) is 0 Å². The van der Waals surface area contributed by atoms with Crippen molar-refractivity contribution in [3.63, 3.8) is 0 Å². The molecule has 1 aromatic rings. The number of benzene rings is 1. The van der Waals surface area contributed by atoms with Gasteiger partial charge in [-0.3, -0.25) is 0 Å². The van der Waals surface area contributed by atoms with Crippen molar-refractivity contribution in [3.8, 4) is 0 Å². The van der Waals surface area contributed by atoms with E-state index in [1.807, 2.05) is 11.8 Å². The number of hydrogen-bond acceptors (Lipinski definition) is 3. The Morgan fingerprint density at radius 3 is 2.68 bits per heavy atom. The Kier molecular flexibility index (Phi) is 5.31. The van der Waals surface area contributed by atoms with Crippen LogP contribution in [0.5, 0.6) is 0 Å². The van der Waals surface area contributed by atoms with Gasteiger partial charge in [-0.25, -0.2) is 0 Å². The lowest BCUT2D eigenvalue weighted by molar-refractivity contribution is 0.113. The molecule has 0 saturated carbocycles. The van der Waals surface area contributed by atoms with Crippen LogP contribution in [0.15, 0.2) is 29.2 Å². The van der Waals surface area contributed by atoms with Gasteiger partial charge in [-0.05, 0) is 30.9 Å². The molecule has 1 heterocycles. The lowest BCUT2D eigenvalue weighted by atomic mass is 9.83. The van der Waals surface area contributed by atoms with Crippen molar-refractivity contribution in [2.45, 2.75) is 43.3 Å². The first kappa shape index (κ1) is 14.9. The molecule has 0 bridgehead atoms. The van der Waals surface area contributed by atoms with Crippen molar-refractivity contribution >= 4 is 11.8 Å². The van der Waals surface area contributed by atoms with Crippen LogP contribution in [0, 0.1) is 5.41 Å². The molecule has 0 amide bonds. The molecule has 106 valence electrons. The smallest absolute Gasteiger partial charge is 0.0499 e. The van der Waals surface area contributed by atoms with Crippen LogP contribution in [0.2, 0.25) is 0 Å². The molecule has 0 saturated heterocycles. The van der Waals surface area contributed by atoms with E-state index in [2.05, 4.69) is 43.4 Å². The lowest BCUT2D eigenvalue weighted by Gasteiger charge is -2.30. The predicted octanol–water partition coefficient (Wildman–Crippen LogP) is 3.09. The van der Waals surface area contributed by atoms with Gasteiger partial charge in [0, 0.05) is 35.3 Å². The summed E-state index contributed by atoms with van der Waals surface area (Å²) in [5.74, 6) is 0. The highest BCUT2D eigenvalue weighted by Gasteiger charge is 2.26. The highest BCUT2D eigenvalue weighted by molar-refractivity contribution is 8.00. The van der Waals surface area contributed by atoms with Crippen LogP contribution in [0.3, 0.4) is 0 Å². The SMILES string of the molecule is CCC(CC)(CO)CNCC1Cc2ccccc2S1. The Hall–Kier alpha value is -0.510. The second-order valence-corrected chi connectivity index (χ2v) is 6.89. The van der Waals surface area contributed by atoms with E-state index in [0.29, 0.717) is 5.25 Å². The number of rotatable bonds is 7. The fraction of sp³-hybridized carbons (Fsp3) is 0.625. The quantitative estimate of drug-likeness (QED) is 0.804. The Labute approximate surface area is 121 Å². The Balaban J connectivity index is 1.79. The van der Waals surface area contributed by atoms with Gasteiger partial charge >= 0.3 is 0 Å². The monoisotopic (exact) mass is 279 g/mol. The van der Waals surface area contributed by atoms with E-state index >= 15 is 0 Å². The summed E-state index contributed by atoms with van der Waals surface area (Å²) in [4.78, 5) is 1.44. The summed E-state index contributed by atoms with van der Waals surface area (Å²) in [6.07, 6.45) is 3.23. The van der Waals surface area contributed by atoms with Crippen molar-refractivity contribution < 1.29 is 5.11 Å². The van der Waals surface area contributed by atoms with E-state index in [1.54, 1.807) is 0 Å². The molecule has 0 aromatic heterocycles. The minimum atomic E-state index is 0.0656. The highest BCUT2D eigenvalue weighted by Crippen LogP contribution is 2.36. The summed E-state index contributed by atoms with van der Waals surface area (Å²) in [5.41, 5.74) is 1.55. The lowest BCUT2D eigenvalue weighted by Crippen LogP contribution is -2.39. The first-order valence-corrected chi connectivity index (χ1v) is 8.17. The normalized spacial score (nSPS) is 18.6. The molecule has 0 fully saturated rings. The molecular weight excluding hydrogens is 254 g/mol. The highest BCUT2D eigenvalue weighted by atomic mass is 32.2. The summed E-state index contributed by atoms with van der Waals surface area (Å²) in [6, 6.07) is 8.70. The zero-order valence-corrected chi connectivity index (χ0v) is 12.8. The molecule has 1 aliphatic rings. The van der Waals surface area contributed by atoms with Crippen LogP contribution < -0.4 is 5.32 Å². The standard InChI is InChI=1S/C16H25NOS/c1-3-16(4-2,12-18)11-17-10-14-9-13-7-5-6-8-15(13)19-14/h5-8,14,17-18H,3-4,9-12H2,1-2H3. The minimum Gasteiger partial charge on any atom is -0.396 e. The number of aliphatic hydroxyl groups is 1. The van der Waals surface area contributed by atoms with Crippen LogP contribution in [0.4, 0.5) is 0 Å². The summed E-state index contributed by atoms with van der Waals surface area (Å²) in [5, 5.41) is 13.8. The molecule has 1 unspecified atom stereocenters. The maximum atomic E-state index is 9.57. The third-order valence-electron chi connectivity index (χ3n) is 4.42. The van der Waals surface area contributed by atoms with Crippen molar-refractivity contribution in [1.29, 1.82) is 0 Å². The third kappa shape index (κ3) is 3.53. The molecule has 1 aliphatic heterocycles. The van der Waals surface area contributed by atoms with Gasteiger partial charge in [0.05, 0.1) is 0 Å². The molecule has 1 aromatic carbocycles. The predicted molar refractivity (Wildman–Crippen MR) is 82.8 cm³/mol. The maximum Gasteiger partial charge on any atom is 0.0499 e. The first-order valence-electron chi connectivity index (χ1n) is 7.29. The maximum absolute atomic E-state index is 9.57. The molecular formula is C16H25NOS. The van der Waals surface area contributed by atoms with Gasteiger partial charge in [-0.15, -0.1) is 11.8 Å². The fourth-order valence-electron chi connectivity index (χ4n) is 2.65. The molecule has 2 nitrogen and oxygen atoms in total. The second-order valence-electron chi connectivity index (χ2n) is 5.55. The van der Waals surface area contributed by atoms with E-state index in [-0.39, 0.29) is 12.0 Å². The van der Waals surface area contributed by atoms with E-state index in [4.69, 9.17) is 0 Å². The van der Waals surface area contributed by atoms with Gasteiger partial charge in [-0.1, -0.05) is 32.0 Å². The number of fused-ring (bicyclic) bond motifs is 1. The molecule has 0 radical (unpaired) electrons. The van der Waals surface area contributed by atoms with Gasteiger partial charge in [0.1, 0.15) is 0 Å². The number of nitrogens with one attached hydrogen (secondary N) is 1. The minimum absolute atomic E-state index is 0.0656. The Morgan fingerprint density at radius 2 is 2.05 bits per heavy atom. The van der Waals surface area contributed by atoms with Crippen molar-refractivity contribution in [2.75, 3.05) is 19.7 Å². The number of aliphatic hydroxyl groups excluding tert-OH is 1. The van der Waals surface area contributed by atoms with E-state index in [9.17, 15) is 5.11 Å². The average Bonchev–Trinajstić information content (AvgIpc) is 2.87. The number of hydrogen-bond donors (Lipinski definition) is 2.